The molecule has 5 heteroatoms. The standard InChI is InChI=1S/C24H22N2O3/c1-2-29-21-15-13-19(14-16-21)25-17-22(23(27)18-9-5-3-6-10-18)24(28)26-20-11-7-4-8-12-20/h3-17,27H,2H2,1H3,(H,26,28)/b23-22-,25-17?. The van der Waals surface area contributed by atoms with E-state index in [-0.39, 0.29) is 11.3 Å². The summed E-state index contributed by atoms with van der Waals surface area (Å²) < 4.78 is 5.42. The number of hydrogen-bond acceptors (Lipinski definition) is 4. The first-order valence-electron chi connectivity index (χ1n) is 9.29. The molecule has 0 unspecified atom stereocenters. The van der Waals surface area contributed by atoms with Gasteiger partial charge >= 0.3 is 0 Å². The number of carbonyl (C=O) groups excluding carboxylic acids is 1. The zero-order valence-electron chi connectivity index (χ0n) is 16.1. The molecule has 0 radical (unpaired) electrons. The van der Waals surface area contributed by atoms with E-state index in [1.54, 1.807) is 60.7 Å². The summed E-state index contributed by atoms with van der Waals surface area (Å²) >= 11 is 0. The minimum absolute atomic E-state index is 0.0638. The zero-order chi connectivity index (χ0) is 20.5. The highest BCUT2D eigenvalue weighted by atomic mass is 16.5. The van der Waals surface area contributed by atoms with Crippen LogP contribution in [0.3, 0.4) is 0 Å². The number of para-hydroxylation sites is 1. The van der Waals surface area contributed by atoms with Gasteiger partial charge in [0.1, 0.15) is 17.1 Å². The van der Waals surface area contributed by atoms with Crippen molar-refractivity contribution in [2.24, 2.45) is 4.99 Å². The van der Waals surface area contributed by atoms with Crippen molar-refractivity contribution < 1.29 is 14.6 Å². The fourth-order valence-electron chi connectivity index (χ4n) is 2.63. The molecule has 0 aliphatic rings. The molecule has 0 fully saturated rings. The Balaban J connectivity index is 1.91. The number of aliphatic hydroxyl groups excluding tert-OH is 1. The van der Waals surface area contributed by atoms with Crippen molar-refractivity contribution in [1.82, 2.24) is 0 Å². The van der Waals surface area contributed by atoms with E-state index in [0.717, 1.165) is 5.75 Å². The summed E-state index contributed by atoms with van der Waals surface area (Å²) in [4.78, 5) is 17.2. The maximum absolute atomic E-state index is 12.8. The van der Waals surface area contributed by atoms with Gasteiger partial charge in [0.15, 0.2) is 0 Å². The van der Waals surface area contributed by atoms with Crippen molar-refractivity contribution in [1.29, 1.82) is 0 Å². The smallest absolute Gasteiger partial charge is 0.261 e. The van der Waals surface area contributed by atoms with Crippen LogP contribution in [0, 0.1) is 0 Å². The lowest BCUT2D eigenvalue weighted by Gasteiger charge is -2.09. The Hall–Kier alpha value is -3.86. The average molecular weight is 386 g/mol. The first kappa shape index (κ1) is 19.9. The number of aliphatic hydroxyl groups is 1. The van der Waals surface area contributed by atoms with E-state index in [1.165, 1.54) is 6.21 Å². The van der Waals surface area contributed by atoms with Gasteiger partial charge in [-0.05, 0) is 43.3 Å². The SMILES string of the molecule is CCOc1ccc(N=C/C(C(=O)Nc2ccccc2)=C(/O)c2ccccc2)cc1. The van der Waals surface area contributed by atoms with Gasteiger partial charge in [0.05, 0.1) is 12.3 Å². The Morgan fingerprint density at radius 1 is 0.966 bits per heavy atom. The van der Waals surface area contributed by atoms with Crippen LogP contribution in [0.1, 0.15) is 12.5 Å². The van der Waals surface area contributed by atoms with E-state index >= 15 is 0 Å². The quantitative estimate of drug-likeness (QED) is 0.325. The van der Waals surface area contributed by atoms with Crippen LogP contribution in [0.25, 0.3) is 5.76 Å². The van der Waals surface area contributed by atoms with E-state index in [0.29, 0.717) is 23.5 Å². The van der Waals surface area contributed by atoms with Crippen LogP contribution in [0.5, 0.6) is 5.75 Å². The first-order valence-corrected chi connectivity index (χ1v) is 9.29. The highest BCUT2D eigenvalue weighted by Gasteiger charge is 2.15. The zero-order valence-corrected chi connectivity index (χ0v) is 16.1. The van der Waals surface area contributed by atoms with Crippen molar-refractivity contribution >= 4 is 29.3 Å². The lowest BCUT2D eigenvalue weighted by Crippen LogP contribution is -2.17. The normalized spacial score (nSPS) is 11.8. The molecule has 0 saturated heterocycles. The maximum atomic E-state index is 12.8. The van der Waals surface area contributed by atoms with Gasteiger partial charge in [-0.3, -0.25) is 9.79 Å². The second kappa shape index (κ2) is 9.90. The van der Waals surface area contributed by atoms with Gasteiger partial charge < -0.3 is 15.2 Å². The van der Waals surface area contributed by atoms with E-state index in [9.17, 15) is 9.90 Å². The number of rotatable bonds is 7. The molecule has 0 bridgehead atoms. The number of aliphatic imine (C=N–C) groups is 1. The molecule has 29 heavy (non-hydrogen) atoms. The fraction of sp³-hybridized carbons (Fsp3) is 0.0833. The minimum atomic E-state index is -0.452. The molecule has 5 nitrogen and oxygen atoms in total. The molecule has 0 aliphatic heterocycles. The van der Waals surface area contributed by atoms with Crippen molar-refractivity contribution in [2.75, 3.05) is 11.9 Å². The highest BCUT2D eigenvalue weighted by Crippen LogP contribution is 2.20. The molecule has 0 heterocycles. The monoisotopic (exact) mass is 386 g/mol. The van der Waals surface area contributed by atoms with E-state index < -0.39 is 5.91 Å². The second-order valence-electron chi connectivity index (χ2n) is 6.13. The summed E-state index contributed by atoms with van der Waals surface area (Å²) in [6.07, 6.45) is 1.37. The molecule has 0 saturated carbocycles. The molecule has 0 atom stereocenters. The topological polar surface area (TPSA) is 70.9 Å². The van der Waals surface area contributed by atoms with Crippen molar-refractivity contribution in [3.05, 3.63) is 96.1 Å². The van der Waals surface area contributed by atoms with Crippen LogP contribution in [-0.4, -0.2) is 23.8 Å². The van der Waals surface area contributed by atoms with E-state index in [1.807, 2.05) is 31.2 Å². The lowest BCUT2D eigenvalue weighted by atomic mass is 10.1. The molecular formula is C24H22N2O3. The van der Waals surface area contributed by atoms with Crippen molar-refractivity contribution in [3.63, 3.8) is 0 Å². The summed E-state index contributed by atoms with van der Waals surface area (Å²) in [7, 11) is 0. The lowest BCUT2D eigenvalue weighted by molar-refractivity contribution is -0.112. The Bertz CT molecular complexity index is 995. The molecule has 3 rings (SSSR count). The summed E-state index contributed by atoms with van der Waals surface area (Å²) in [6.45, 7) is 2.50. The Labute approximate surface area is 170 Å². The second-order valence-corrected chi connectivity index (χ2v) is 6.13. The predicted molar refractivity (Wildman–Crippen MR) is 117 cm³/mol. The van der Waals surface area contributed by atoms with Gasteiger partial charge in [-0.2, -0.15) is 0 Å². The minimum Gasteiger partial charge on any atom is -0.506 e. The van der Waals surface area contributed by atoms with Gasteiger partial charge in [-0.1, -0.05) is 48.5 Å². The van der Waals surface area contributed by atoms with Gasteiger partial charge in [-0.15, -0.1) is 0 Å². The van der Waals surface area contributed by atoms with Crippen LogP contribution >= 0.6 is 0 Å². The van der Waals surface area contributed by atoms with Gasteiger partial charge in [0.2, 0.25) is 0 Å². The summed E-state index contributed by atoms with van der Waals surface area (Å²) in [5.41, 5.74) is 1.86. The van der Waals surface area contributed by atoms with Crippen LogP contribution in [0.15, 0.2) is 95.5 Å². The molecule has 0 spiro atoms. The number of nitrogens with zero attached hydrogens (tertiary/aromatic N) is 1. The van der Waals surface area contributed by atoms with Gasteiger partial charge in [-0.25, -0.2) is 0 Å². The van der Waals surface area contributed by atoms with Crippen molar-refractivity contribution in [3.8, 4) is 5.75 Å². The summed E-state index contributed by atoms with van der Waals surface area (Å²) in [5, 5.41) is 13.5. The summed E-state index contributed by atoms with van der Waals surface area (Å²) in [5.74, 6) is 0.150. The average Bonchev–Trinajstić information content (AvgIpc) is 2.76. The molecule has 3 aromatic rings. The third-order valence-electron chi connectivity index (χ3n) is 4.07. The van der Waals surface area contributed by atoms with Crippen LogP contribution in [-0.2, 0) is 4.79 Å². The number of anilines is 1. The number of carbonyl (C=O) groups is 1. The Morgan fingerprint density at radius 2 is 1.59 bits per heavy atom. The third-order valence-corrected chi connectivity index (χ3v) is 4.07. The van der Waals surface area contributed by atoms with Crippen LogP contribution in [0.4, 0.5) is 11.4 Å². The third kappa shape index (κ3) is 5.56. The van der Waals surface area contributed by atoms with Crippen molar-refractivity contribution in [2.45, 2.75) is 6.92 Å². The Kier molecular flexibility index (Phi) is 6.79. The van der Waals surface area contributed by atoms with Crippen LogP contribution in [0.2, 0.25) is 0 Å². The highest BCUT2D eigenvalue weighted by molar-refractivity contribution is 6.22. The first-order chi connectivity index (χ1) is 14.2. The number of amides is 1. The number of hydrogen-bond donors (Lipinski definition) is 2. The number of benzene rings is 3. The molecule has 0 aromatic heterocycles. The largest absolute Gasteiger partial charge is 0.506 e. The fourth-order valence-corrected chi connectivity index (χ4v) is 2.63. The van der Waals surface area contributed by atoms with Gasteiger partial charge in [0, 0.05) is 17.5 Å². The summed E-state index contributed by atoms with van der Waals surface area (Å²) in [6, 6.07) is 25.1. The molecule has 2 N–H and O–H groups in total. The maximum Gasteiger partial charge on any atom is 0.261 e. The van der Waals surface area contributed by atoms with E-state index in [2.05, 4.69) is 10.3 Å². The molecule has 146 valence electrons. The molecular weight excluding hydrogens is 364 g/mol. The molecule has 0 aliphatic carbocycles. The number of ether oxygens (including phenoxy) is 1. The van der Waals surface area contributed by atoms with E-state index in [4.69, 9.17) is 4.74 Å². The number of nitrogens with one attached hydrogen (secondary N) is 1. The molecule has 1 amide bonds. The predicted octanol–water partition coefficient (Wildman–Crippen LogP) is 5.40. The molecule has 3 aromatic carbocycles. The van der Waals surface area contributed by atoms with Crippen LogP contribution < -0.4 is 10.1 Å². The van der Waals surface area contributed by atoms with Gasteiger partial charge in [0.25, 0.3) is 5.91 Å². The Morgan fingerprint density at radius 3 is 2.21 bits per heavy atom.